The Labute approximate surface area is 115 Å². The number of ether oxygens (including phenoxy) is 1. The van der Waals surface area contributed by atoms with Gasteiger partial charge >= 0.3 is 0 Å². The van der Waals surface area contributed by atoms with Gasteiger partial charge in [0.15, 0.2) is 0 Å². The molecule has 112 valence electrons. The van der Waals surface area contributed by atoms with Crippen molar-refractivity contribution in [3.05, 3.63) is 38.0 Å². The molecule has 0 unspecified atom stereocenters. The maximum atomic E-state index is 7.62. The summed E-state index contributed by atoms with van der Waals surface area (Å²) in [5, 5.41) is 15.2. The molecule has 0 amide bonds. The molecule has 0 fully saturated rings. The number of aliphatic hydroxyl groups excluding tert-OH is 2. The van der Waals surface area contributed by atoms with Crippen molar-refractivity contribution < 1.29 is 14.9 Å². The predicted molar refractivity (Wildman–Crippen MR) is 84.0 cm³/mol. The molecule has 3 heteroatoms. The van der Waals surface area contributed by atoms with Crippen molar-refractivity contribution in [3.63, 3.8) is 0 Å². The fraction of sp³-hybridized carbons (Fsp3) is 0.600. The van der Waals surface area contributed by atoms with Crippen LogP contribution in [0.15, 0.2) is 38.0 Å². The molecule has 0 radical (unpaired) electrons. The van der Waals surface area contributed by atoms with Crippen molar-refractivity contribution in [2.24, 2.45) is 0 Å². The zero-order chi connectivity index (χ0) is 15.7. The molecule has 0 aromatic heterocycles. The molecular weight excluding hydrogens is 228 g/mol. The third-order valence-corrected chi connectivity index (χ3v) is 0.508. The van der Waals surface area contributed by atoms with Crippen LogP contribution in [0, 0.1) is 0 Å². The first-order chi connectivity index (χ1) is 8.57. The van der Waals surface area contributed by atoms with Crippen LogP contribution in [0.5, 0.6) is 0 Å². The lowest BCUT2D eigenvalue weighted by molar-refractivity contribution is 0.162. The summed E-state index contributed by atoms with van der Waals surface area (Å²) >= 11 is 0. The highest BCUT2D eigenvalue weighted by atomic mass is 16.5. The van der Waals surface area contributed by atoms with Crippen LogP contribution < -0.4 is 0 Å². The number of rotatable bonds is 3. The van der Waals surface area contributed by atoms with Gasteiger partial charge in [-0.1, -0.05) is 18.2 Å². The second-order valence-corrected chi connectivity index (χ2v) is 2.45. The van der Waals surface area contributed by atoms with Crippen LogP contribution >= 0.6 is 0 Å². The molecule has 0 aliphatic heterocycles. The van der Waals surface area contributed by atoms with Gasteiger partial charge in [0.2, 0.25) is 0 Å². The van der Waals surface area contributed by atoms with Crippen molar-refractivity contribution in [1.29, 1.82) is 0 Å². The molecule has 0 aromatic rings. The molecule has 0 heterocycles. The molecule has 0 aliphatic carbocycles. The second kappa shape index (κ2) is 72.8. The Hall–Kier alpha value is -0.900. The van der Waals surface area contributed by atoms with E-state index in [1.54, 1.807) is 18.2 Å². The van der Waals surface area contributed by atoms with E-state index >= 15 is 0 Å². The Morgan fingerprint density at radius 3 is 0.944 bits per heavy atom. The van der Waals surface area contributed by atoms with E-state index in [9.17, 15) is 0 Å². The van der Waals surface area contributed by atoms with Gasteiger partial charge in [-0.2, -0.15) is 0 Å². The highest BCUT2D eigenvalue weighted by molar-refractivity contribution is 4.52. The van der Waals surface area contributed by atoms with Crippen LogP contribution in [0.25, 0.3) is 0 Å². The number of hydrogen-bond acceptors (Lipinski definition) is 3. The second-order valence-electron chi connectivity index (χ2n) is 2.45. The standard InChI is InChI=1S/C4H10O.3C3H6.C2H6O2/c1-3-5-4-2;3*1-3-2;3-1-2-4/h3-4H2,1-2H3;3*3H,1H2,2H3;3-4H,1-2H2. The van der Waals surface area contributed by atoms with Crippen molar-refractivity contribution in [1.82, 2.24) is 0 Å². The molecule has 0 aliphatic rings. The lowest BCUT2D eigenvalue weighted by atomic mass is 10.8. The smallest absolute Gasteiger partial charge is 0.0662 e. The Kier molecular flexibility index (Phi) is 122. The van der Waals surface area contributed by atoms with Gasteiger partial charge in [0.1, 0.15) is 0 Å². The van der Waals surface area contributed by atoms with Crippen LogP contribution in [0.1, 0.15) is 34.6 Å². The van der Waals surface area contributed by atoms with Crippen LogP contribution in [-0.2, 0) is 4.74 Å². The first-order valence-corrected chi connectivity index (χ1v) is 6.08. The summed E-state index contributed by atoms with van der Waals surface area (Å²) in [4.78, 5) is 0. The summed E-state index contributed by atoms with van der Waals surface area (Å²) in [6, 6.07) is 0. The van der Waals surface area contributed by atoms with Crippen molar-refractivity contribution in [2.45, 2.75) is 34.6 Å². The minimum atomic E-state index is -0.125. The highest BCUT2D eigenvalue weighted by Crippen LogP contribution is 1.64. The third kappa shape index (κ3) is 681. The van der Waals surface area contributed by atoms with E-state index in [2.05, 4.69) is 19.7 Å². The average Bonchev–Trinajstić information content (AvgIpc) is 2.33. The molecule has 0 saturated carbocycles. The van der Waals surface area contributed by atoms with E-state index in [4.69, 9.17) is 14.9 Å². The molecule has 0 aromatic carbocycles. The first-order valence-electron chi connectivity index (χ1n) is 6.08. The summed E-state index contributed by atoms with van der Waals surface area (Å²) in [6.07, 6.45) is 5.25. The van der Waals surface area contributed by atoms with E-state index < -0.39 is 0 Å². The Morgan fingerprint density at radius 1 is 0.778 bits per heavy atom. The molecule has 0 spiro atoms. The van der Waals surface area contributed by atoms with Gasteiger partial charge in [0.05, 0.1) is 13.2 Å². The van der Waals surface area contributed by atoms with Gasteiger partial charge in [-0.15, -0.1) is 19.7 Å². The molecule has 0 saturated heterocycles. The fourth-order valence-corrected chi connectivity index (χ4v) is 0.204. The Bertz CT molecular complexity index is 94.0. The van der Waals surface area contributed by atoms with Gasteiger partial charge in [0, 0.05) is 13.2 Å². The Balaban J connectivity index is -0.0000000400. The summed E-state index contributed by atoms with van der Waals surface area (Å²) < 4.78 is 4.83. The van der Waals surface area contributed by atoms with Crippen LogP contribution in [0.3, 0.4) is 0 Å². The molecule has 3 nitrogen and oxygen atoms in total. The maximum Gasteiger partial charge on any atom is 0.0662 e. The largest absolute Gasteiger partial charge is 0.394 e. The van der Waals surface area contributed by atoms with E-state index in [-0.39, 0.29) is 13.2 Å². The quantitative estimate of drug-likeness (QED) is 0.764. The maximum absolute atomic E-state index is 7.62. The normalized spacial score (nSPS) is 6.17. The predicted octanol–water partition coefficient (Wildman–Crippen LogP) is 3.59. The third-order valence-electron chi connectivity index (χ3n) is 0.508. The van der Waals surface area contributed by atoms with Gasteiger partial charge in [-0.3, -0.25) is 0 Å². The van der Waals surface area contributed by atoms with Gasteiger partial charge in [-0.25, -0.2) is 0 Å². The minimum Gasteiger partial charge on any atom is -0.394 e. The number of hydrogen-bond donors (Lipinski definition) is 2. The van der Waals surface area contributed by atoms with Gasteiger partial charge in [-0.05, 0) is 34.6 Å². The SMILES string of the molecule is C=CC.C=CC.C=CC.CCOCC.OCCO. The van der Waals surface area contributed by atoms with Crippen molar-refractivity contribution in [3.8, 4) is 0 Å². The molecular formula is C15H34O3. The lowest BCUT2D eigenvalue weighted by Crippen LogP contribution is -1.85. The van der Waals surface area contributed by atoms with Crippen LogP contribution in [0.2, 0.25) is 0 Å². The zero-order valence-electron chi connectivity index (χ0n) is 13.0. The van der Waals surface area contributed by atoms with Crippen molar-refractivity contribution >= 4 is 0 Å². The topological polar surface area (TPSA) is 49.7 Å². The van der Waals surface area contributed by atoms with Crippen LogP contribution in [-0.4, -0.2) is 36.6 Å². The number of allylic oxidation sites excluding steroid dienone is 3. The van der Waals surface area contributed by atoms with E-state index in [0.717, 1.165) is 13.2 Å². The summed E-state index contributed by atoms with van der Waals surface area (Å²) in [5.74, 6) is 0. The van der Waals surface area contributed by atoms with Crippen molar-refractivity contribution in [2.75, 3.05) is 26.4 Å². The summed E-state index contributed by atoms with van der Waals surface area (Å²) in [6.45, 7) is 21.2. The molecule has 0 atom stereocenters. The lowest BCUT2D eigenvalue weighted by Gasteiger charge is -1.86. The summed E-state index contributed by atoms with van der Waals surface area (Å²) in [7, 11) is 0. The Morgan fingerprint density at radius 2 is 0.944 bits per heavy atom. The number of aliphatic hydroxyl groups is 2. The molecule has 18 heavy (non-hydrogen) atoms. The van der Waals surface area contributed by atoms with E-state index in [0.29, 0.717) is 0 Å². The average molecular weight is 262 g/mol. The van der Waals surface area contributed by atoms with E-state index in [1.165, 1.54) is 0 Å². The van der Waals surface area contributed by atoms with E-state index in [1.807, 2.05) is 34.6 Å². The summed E-state index contributed by atoms with van der Waals surface area (Å²) in [5.41, 5.74) is 0. The van der Waals surface area contributed by atoms with Crippen LogP contribution in [0.4, 0.5) is 0 Å². The minimum absolute atomic E-state index is 0.125. The fourth-order valence-electron chi connectivity index (χ4n) is 0.204. The monoisotopic (exact) mass is 262 g/mol. The van der Waals surface area contributed by atoms with Gasteiger partial charge in [0.25, 0.3) is 0 Å². The molecule has 0 bridgehead atoms. The highest BCUT2D eigenvalue weighted by Gasteiger charge is 1.64. The molecule has 2 N–H and O–H groups in total. The molecule has 0 rings (SSSR count). The van der Waals surface area contributed by atoms with Gasteiger partial charge < -0.3 is 14.9 Å². The first kappa shape index (κ1) is 30.3. The zero-order valence-corrected chi connectivity index (χ0v) is 13.0.